The minimum Gasteiger partial charge on any atom is -0.316 e. The third-order valence-electron chi connectivity index (χ3n) is 8.45. The number of aliphatic imine (C=N–C) groups is 1. The maximum absolute atomic E-state index is 5.26. The Morgan fingerprint density at radius 1 is 0.625 bits per heavy atom. The van der Waals surface area contributed by atoms with E-state index in [-0.39, 0.29) is 12.1 Å². The summed E-state index contributed by atoms with van der Waals surface area (Å²) < 4.78 is 2.40. The van der Waals surface area contributed by atoms with E-state index in [4.69, 9.17) is 4.99 Å². The zero-order chi connectivity index (χ0) is 26.2. The van der Waals surface area contributed by atoms with Gasteiger partial charge >= 0.3 is 0 Å². The fraction of sp³-hybridized carbons (Fsp3) is 0.0556. The molecule has 0 radical (unpaired) electrons. The number of hydrogen-bond donors (Lipinski definition) is 0. The van der Waals surface area contributed by atoms with Crippen molar-refractivity contribution in [2.24, 2.45) is 4.99 Å². The average Bonchev–Trinajstić information content (AvgIpc) is 3.57. The second-order valence-corrected chi connectivity index (χ2v) is 10.6. The van der Waals surface area contributed by atoms with Crippen LogP contribution in [0.15, 0.2) is 139 Å². The summed E-state index contributed by atoms with van der Waals surface area (Å²) in [4.78, 5) is 12.3. The number of anilines is 1. The van der Waals surface area contributed by atoms with E-state index in [0.29, 0.717) is 0 Å². The molecular weight excluding hydrogens is 488 g/mol. The summed E-state index contributed by atoms with van der Waals surface area (Å²) in [5, 5.41) is 2.48. The van der Waals surface area contributed by atoms with Gasteiger partial charge in [-0.15, -0.1) is 0 Å². The summed E-state index contributed by atoms with van der Waals surface area (Å²) in [6, 6.07) is 37.3. The van der Waals surface area contributed by atoms with Crippen molar-refractivity contribution in [2.75, 3.05) is 4.90 Å². The van der Waals surface area contributed by atoms with Crippen LogP contribution < -0.4 is 4.90 Å². The summed E-state index contributed by atoms with van der Waals surface area (Å²) in [5.74, 6) is 1.07. The molecule has 0 fully saturated rings. The third-order valence-corrected chi connectivity index (χ3v) is 8.45. The maximum Gasteiger partial charge on any atom is 0.137 e. The normalized spacial score (nSPS) is 18.4. The highest BCUT2D eigenvalue weighted by atomic mass is 15.3. The molecule has 1 aliphatic carbocycles. The van der Waals surface area contributed by atoms with Gasteiger partial charge in [0, 0.05) is 39.3 Å². The molecular formula is C36H24N4. The van der Waals surface area contributed by atoms with Gasteiger partial charge in [-0.1, -0.05) is 78.9 Å². The highest BCUT2D eigenvalue weighted by Crippen LogP contribution is 2.46. The highest BCUT2D eigenvalue weighted by Gasteiger charge is 2.40. The van der Waals surface area contributed by atoms with Crippen molar-refractivity contribution in [3.8, 4) is 28.1 Å². The quantitative estimate of drug-likeness (QED) is 0.236. The van der Waals surface area contributed by atoms with Crippen molar-refractivity contribution in [3.63, 3.8) is 0 Å². The van der Waals surface area contributed by atoms with Crippen molar-refractivity contribution < 1.29 is 0 Å². The highest BCUT2D eigenvalue weighted by molar-refractivity contribution is 6.24. The van der Waals surface area contributed by atoms with Crippen molar-refractivity contribution in [2.45, 2.75) is 12.1 Å². The summed E-state index contributed by atoms with van der Waals surface area (Å²) in [6.45, 7) is 0. The molecule has 0 saturated carbocycles. The first kappa shape index (κ1) is 21.7. The topological polar surface area (TPSA) is 33.4 Å². The van der Waals surface area contributed by atoms with Gasteiger partial charge in [-0.2, -0.15) is 0 Å². The fourth-order valence-corrected chi connectivity index (χ4v) is 6.71. The van der Waals surface area contributed by atoms with Gasteiger partial charge in [-0.3, -0.25) is 9.98 Å². The van der Waals surface area contributed by atoms with Crippen LogP contribution in [0, 0.1) is 0 Å². The predicted octanol–water partition coefficient (Wildman–Crippen LogP) is 7.96. The van der Waals surface area contributed by atoms with Gasteiger partial charge in [0.05, 0.1) is 34.5 Å². The molecule has 4 aromatic carbocycles. The number of amidine groups is 1. The van der Waals surface area contributed by atoms with Crippen LogP contribution in [-0.4, -0.2) is 27.5 Å². The first-order valence-corrected chi connectivity index (χ1v) is 13.8. The molecule has 3 aliphatic rings. The number of pyridine rings is 1. The van der Waals surface area contributed by atoms with Crippen molar-refractivity contribution in [3.05, 3.63) is 139 Å². The van der Waals surface area contributed by atoms with E-state index < -0.39 is 0 Å². The van der Waals surface area contributed by atoms with Crippen LogP contribution >= 0.6 is 0 Å². The molecule has 9 rings (SSSR count). The SMILES string of the molecule is C1=CC2N=C3c4cc5c6ccccc6n(-c6cccc(-c7ccccn7)c6)c5cc4-c4ccccc4N3C2C=C1. The maximum atomic E-state index is 5.26. The number of fused-ring (bicyclic) bond motifs is 11. The van der Waals surface area contributed by atoms with Crippen molar-refractivity contribution >= 4 is 33.3 Å². The predicted molar refractivity (Wildman–Crippen MR) is 164 cm³/mol. The van der Waals surface area contributed by atoms with Gasteiger partial charge in [-0.05, 0) is 54.1 Å². The molecule has 188 valence electrons. The molecule has 2 aliphatic heterocycles. The Morgan fingerprint density at radius 3 is 2.45 bits per heavy atom. The monoisotopic (exact) mass is 512 g/mol. The number of para-hydroxylation sites is 2. The molecule has 40 heavy (non-hydrogen) atoms. The summed E-state index contributed by atoms with van der Waals surface area (Å²) >= 11 is 0. The number of nitrogens with zero attached hydrogens (tertiary/aromatic N) is 4. The van der Waals surface area contributed by atoms with Crippen LogP contribution in [-0.2, 0) is 0 Å². The summed E-state index contributed by atoms with van der Waals surface area (Å²) in [5.41, 5.74) is 10.5. The van der Waals surface area contributed by atoms with Crippen LogP contribution in [0.5, 0.6) is 0 Å². The molecule has 4 heteroatoms. The van der Waals surface area contributed by atoms with E-state index >= 15 is 0 Å². The van der Waals surface area contributed by atoms with Gasteiger partial charge < -0.3 is 9.47 Å². The zero-order valence-corrected chi connectivity index (χ0v) is 21.6. The Morgan fingerprint density at radius 2 is 1.50 bits per heavy atom. The van der Waals surface area contributed by atoms with Crippen LogP contribution in [0.2, 0.25) is 0 Å². The van der Waals surface area contributed by atoms with Gasteiger partial charge in [0.25, 0.3) is 0 Å². The zero-order valence-electron chi connectivity index (χ0n) is 21.6. The molecule has 4 nitrogen and oxygen atoms in total. The Hall–Kier alpha value is -5.22. The molecule has 0 saturated heterocycles. The number of benzene rings is 4. The number of allylic oxidation sites excluding steroid dienone is 2. The van der Waals surface area contributed by atoms with Gasteiger partial charge in [-0.25, -0.2) is 0 Å². The average molecular weight is 513 g/mol. The lowest BCUT2D eigenvalue weighted by atomic mass is 9.90. The largest absolute Gasteiger partial charge is 0.316 e. The molecule has 4 heterocycles. The van der Waals surface area contributed by atoms with Crippen molar-refractivity contribution in [1.82, 2.24) is 9.55 Å². The number of rotatable bonds is 2. The Labute approximate surface area is 231 Å². The lowest BCUT2D eigenvalue weighted by molar-refractivity contribution is 0.739. The van der Waals surface area contributed by atoms with E-state index in [1.165, 1.54) is 44.2 Å². The Bertz CT molecular complexity index is 2080. The van der Waals surface area contributed by atoms with Gasteiger partial charge in [0.1, 0.15) is 5.84 Å². The van der Waals surface area contributed by atoms with E-state index in [2.05, 4.69) is 130 Å². The number of aromatic nitrogens is 2. The van der Waals surface area contributed by atoms with Crippen LogP contribution in [0.25, 0.3) is 49.9 Å². The van der Waals surface area contributed by atoms with Crippen molar-refractivity contribution in [1.29, 1.82) is 0 Å². The summed E-state index contributed by atoms with van der Waals surface area (Å²) in [6.07, 6.45) is 10.6. The minimum atomic E-state index is 0.130. The van der Waals surface area contributed by atoms with E-state index in [1.807, 2.05) is 18.3 Å². The Kier molecular flexibility index (Phi) is 4.41. The first-order chi connectivity index (χ1) is 19.8. The number of hydrogen-bond acceptors (Lipinski definition) is 3. The lowest BCUT2D eigenvalue weighted by Gasteiger charge is -2.35. The molecule has 2 aromatic heterocycles. The summed E-state index contributed by atoms with van der Waals surface area (Å²) in [7, 11) is 0. The smallest absolute Gasteiger partial charge is 0.137 e. The molecule has 2 unspecified atom stereocenters. The van der Waals surface area contributed by atoms with Gasteiger partial charge in [0.15, 0.2) is 0 Å². The van der Waals surface area contributed by atoms with E-state index in [1.54, 1.807) is 0 Å². The third kappa shape index (κ3) is 2.96. The van der Waals surface area contributed by atoms with Crippen LogP contribution in [0.1, 0.15) is 5.56 Å². The second kappa shape index (κ2) is 8.14. The minimum absolute atomic E-state index is 0.130. The Balaban J connectivity index is 1.34. The molecule has 0 N–H and O–H groups in total. The van der Waals surface area contributed by atoms with Crippen LogP contribution in [0.3, 0.4) is 0 Å². The van der Waals surface area contributed by atoms with Crippen LogP contribution in [0.4, 0.5) is 5.69 Å². The molecule has 0 spiro atoms. The molecule has 2 atom stereocenters. The first-order valence-electron chi connectivity index (χ1n) is 13.8. The van der Waals surface area contributed by atoms with Gasteiger partial charge in [0.2, 0.25) is 0 Å². The molecule has 0 bridgehead atoms. The fourth-order valence-electron chi connectivity index (χ4n) is 6.71. The van der Waals surface area contributed by atoms with E-state index in [0.717, 1.165) is 22.8 Å². The standard InChI is InChI=1S/C36H24N4/c1-5-17-33-25(12-1)27-22-35-28(21-29(27)36-38-31-15-3-6-18-34(31)40(33)36)26-13-2-4-16-32(26)39(35)24-11-9-10-23(20-24)30-14-7-8-19-37-30/h1-22,31,34H. The molecule has 6 aromatic rings. The second-order valence-electron chi connectivity index (χ2n) is 10.6. The molecule has 0 amide bonds. The van der Waals surface area contributed by atoms with E-state index in [9.17, 15) is 0 Å². The lowest BCUT2D eigenvalue weighted by Crippen LogP contribution is -2.41.